The molecule has 0 saturated carbocycles. The van der Waals surface area contributed by atoms with Crippen molar-refractivity contribution < 1.29 is 18.7 Å². The van der Waals surface area contributed by atoms with Gasteiger partial charge in [0.1, 0.15) is 23.1 Å². The van der Waals surface area contributed by atoms with Crippen LogP contribution >= 0.6 is 0 Å². The molecular weight excluding hydrogens is 508 g/mol. The lowest BCUT2D eigenvalue weighted by atomic mass is 10.1. The Balaban J connectivity index is 1.36. The Morgan fingerprint density at radius 2 is 2.02 bits per heavy atom. The number of guanidine groups is 1. The molecule has 1 atom stereocenters. The number of carbonyl (C=O) groups is 2. The van der Waals surface area contributed by atoms with E-state index in [2.05, 4.69) is 15.6 Å². The van der Waals surface area contributed by atoms with Gasteiger partial charge < -0.3 is 24.3 Å². The molecule has 10 nitrogen and oxygen atoms in total. The third-order valence-electron chi connectivity index (χ3n) is 6.98. The molecule has 10 heteroatoms. The van der Waals surface area contributed by atoms with Crippen LogP contribution in [-0.2, 0) is 16.0 Å². The average molecular weight is 545 g/mol. The van der Waals surface area contributed by atoms with Gasteiger partial charge in [0.05, 0.1) is 13.7 Å². The van der Waals surface area contributed by atoms with E-state index in [0.717, 1.165) is 48.2 Å². The number of benzene rings is 2. The Labute approximate surface area is 234 Å². The number of amides is 2. The van der Waals surface area contributed by atoms with Crippen molar-refractivity contribution in [3.05, 3.63) is 59.9 Å². The fraction of sp³-hybridized carbons (Fsp3) is 0.400. The number of hydrogen-bond acceptors (Lipinski definition) is 6. The average Bonchev–Trinajstić information content (AvgIpc) is 3.24. The molecule has 2 amide bonds. The first kappa shape index (κ1) is 28.5. The molecule has 1 unspecified atom stereocenters. The first-order chi connectivity index (χ1) is 19.4. The summed E-state index contributed by atoms with van der Waals surface area (Å²) in [5, 5.41) is 15.9. The molecule has 1 aromatic heterocycles. The van der Waals surface area contributed by atoms with Gasteiger partial charge in [-0.05, 0) is 81.0 Å². The number of fused-ring (bicyclic) bond motifs is 1. The summed E-state index contributed by atoms with van der Waals surface area (Å²) in [6.45, 7) is 2.98. The number of likely N-dealkylation sites (tertiary alicyclic amines) is 1. The Bertz CT molecular complexity index is 1390. The van der Waals surface area contributed by atoms with Gasteiger partial charge in [0.15, 0.2) is 6.19 Å². The van der Waals surface area contributed by atoms with Gasteiger partial charge in [-0.25, -0.2) is 4.99 Å². The Morgan fingerprint density at radius 3 is 2.77 bits per heavy atom. The summed E-state index contributed by atoms with van der Waals surface area (Å²) in [4.78, 5) is 34.2. The molecule has 1 fully saturated rings. The molecule has 3 aromatic rings. The SMILES string of the molecule is COc1ccc(CCCN(C)C(=O)CN2CCCCC(N=C(NC#N)Nc3ccc4oc(C)cc4c3)C2=O)cc1. The van der Waals surface area contributed by atoms with Crippen LogP contribution in [0.5, 0.6) is 5.75 Å². The second-order valence-corrected chi connectivity index (χ2v) is 9.99. The van der Waals surface area contributed by atoms with Crippen LogP contribution in [-0.4, -0.2) is 67.4 Å². The van der Waals surface area contributed by atoms with Gasteiger partial charge in [0.25, 0.3) is 0 Å². The van der Waals surface area contributed by atoms with Crippen molar-refractivity contribution >= 4 is 34.4 Å². The standard InChI is InChI=1S/C30H36N6O4/c1-21-17-23-18-24(11-14-27(23)40-21)33-30(32-20-31)34-26-8-4-5-16-36(29(26)38)19-28(37)35(2)15-6-7-22-9-12-25(39-3)13-10-22/h9-14,17-18,26H,4-8,15-16,19H2,1-3H3,(H2,32,33,34). The zero-order chi connectivity index (χ0) is 28.5. The summed E-state index contributed by atoms with van der Waals surface area (Å²) in [5.74, 6) is 1.49. The summed E-state index contributed by atoms with van der Waals surface area (Å²) in [6, 6.07) is 14.7. The van der Waals surface area contributed by atoms with Crippen molar-refractivity contribution in [2.75, 3.05) is 39.1 Å². The molecule has 1 aliphatic rings. The molecule has 2 heterocycles. The van der Waals surface area contributed by atoms with Crippen LogP contribution in [0.2, 0.25) is 0 Å². The smallest absolute Gasteiger partial charge is 0.247 e. The van der Waals surface area contributed by atoms with E-state index in [-0.39, 0.29) is 24.3 Å². The molecule has 0 radical (unpaired) electrons. The van der Waals surface area contributed by atoms with Gasteiger partial charge in [-0.1, -0.05) is 12.1 Å². The second kappa shape index (κ2) is 13.5. The lowest BCUT2D eigenvalue weighted by Crippen LogP contribution is -2.45. The first-order valence-corrected chi connectivity index (χ1v) is 13.5. The lowest BCUT2D eigenvalue weighted by Gasteiger charge is -2.25. The Hall–Kier alpha value is -4.52. The topological polar surface area (TPSA) is 123 Å². The minimum absolute atomic E-state index is 0.00877. The minimum Gasteiger partial charge on any atom is -0.497 e. The number of rotatable bonds is 9. The maximum atomic E-state index is 13.4. The molecule has 0 spiro atoms. The van der Waals surface area contributed by atoms with Crippen molar-refractivity contribution in [1.29, 1.82) is 5.26 Å². The maximum Gasteiger partial charge on any atom is 0.247 e. The number of nitriles is 1. The van der Waals surface area contributed by atoms with Gasteiger partial charge in [0.2, 0.25) is 17.8 Å². The number of nitrogens with one attached hydrogen (secondary N) is 2. The molecule has 2 N–H and O–H groups in total. The summed E-state index contributed by atoms with van der Waals surface area (Å²) >= 11 is 0. The van der Waals surface area contributed by atoms with Crippen LogP contribution in [0.1, 0.15) is 37.0 Å². The van der Waals surface area contributed by atoms with E-state index in [0.29, 0.717) is 25.2 Å². The van der Waals surface area contributed by atoms with E-state index in [1.54, 1.807) is 24.0 Å². The number of likely N-dealkylation sites (N-methyl/N-ethyl adjacent to an activating group) is 1. The molecule has 40 heavy (non-hydrogen) atoms. The lowest BCUT2D eigenvalue weighted by molar-refractivity contribution is -0.140. The van der Waals surface area contributed by atoms with E-state index in [1.165, 1.54) is 5.56 Å². The third kappa shape index (κ3) is 7.53. The van der Waals surface area contributed by atoms with Gasteiger partial charge in [-0.15, -0.1) is 0 Å². The van der Waals surface area contributed by atoms with Crippen LogP contribution in [0.4, 0.5) is 5.69 Å². The number of ether oxygens (including phenoxy) is 1. The molecule has 0 bridgehead atoms. The van der Waals surface area contributed by atoms with Crippen molar-refractivity contribution in [2.45, 2.75) is 45.1 Å². The van der Waals surface area contributed by atoms with Crippen LogP contribution in [0.3, 0.4) is 0 Å². The minimum atomic E-state index is -0.695. The number of anilines is 1. The van der Waals surface area contributed by atoms with E-state index in [4.69, 9.17) is 9.15 Å². The van der Waals surface area contributed by atoms with Gasteiger partial charge >= 0.3 is 0 Å². The van der Waals surface area contributed by atoms with Gasteiger partial charge in [-0.2, -0.15) is 5.26 Å². The van der Waals surface area contributed by atoms with Crippen LogP contribution < -0.4 is 15.4 Å². The third-order valence-corrected chi connectivity index (χ3v) is 6.98. The highest BCUT2D eigenvalue weighted by Gasteiger charge is 2.29. The van der Waals surface area contributed by atoms with E-state index in [9.17, 15) is 14.9 Å². The number of carbonyl (C=O) groups excluding carboxylic acids is 2. The monoisotopic (exact) mass is 544 g/mol. The summed E-state index contributed by atoms with van der Waals surface area (Å²) in [5.41, 5.74) is 2.65. The molecule has 210 valence electrons. The fourth-order valence-electron chi connectivity index (χ4n) is 4.78. The largest absolute Gasteiger partial charge is 0.497 e. The predicted octanol–water partition coefficient (Wildman–Crippen LogP) is 4.06. The van der Waals surface area contributed by atoms with Crippen LogP contribution in [0, 0.1) is 18.4 Å². The molecule has 0 aliphatic carbocycles. The van der Waals surface area contributed by atoms with Crippen molar-refractivity contribution in [3.63, 3.8) is 0 Å². The van der Waals surface area contributed by atoms with Crippen LogP contribution in [0.15, 0.2) is 57.9 Å². The van der Waals surface area contributed by atoms with Crippen molar-refractivity contribution in [2.24, 2.45) is 4.99 Å². The highest BCUT2D eigenvalue weighted by Crippen LogP contribution is 2.23. The number of furan rings is 1. The van der Waals surface area contributed by atoms with Crippen molar-refractivity contribution in [3.8, 4) is 11.9 Å². The maximum absolute atomic E-state index is 13.4. The summed E-state index contributed by atoms with van der Waals surface area (Å²) < 4.78 is 10.8. The fourth-order valence-corrected chi connectivity index (χ4v) is 4.78. The zero-order valence-electron chi connectivity index (χ0n) is 23.3. The summed E-state index contributed by atoms with van der Waals surface area (Å²) in [6.07, 6.45) is 5.67. The van der Waals surface area contributed by atoms with E-state index in [1.807, 2.05) is 61.6 Å². The van der Waals surface area contributed by atoms with Gasteiger partial charge in [-0.3, -0.25) is 14.9 Å². The number of aliphatic imine (C=N–C) groups is 1. The highest BCUT2D eigenvalue weighted by molar-refractivity contribution is 5.98. The van der Waals surface area contributed by atoms with E-state index < -0.39 is 6.04 Å². The molecule has 2 aromatic carbocycles. The van der Waals surface area contributed by atoms with E-state index >= 15 is 0 Å². The van der Waals surface area contributed by atoms with Crippen LogP contribution in [0.25, 0.3) is 11.0 Å². The Kier molecular flexibility index (Phi) is 9.62. The number of hydrogen-bond donors (Lipinski definition) is 2. The zero-order valence-corrected chi connectivity index (χ0v) is 23.3. The molecular formula is C30H36N6O4. The second-order valence-electron chi connectivity index (χ2n) is 9.99. The van der Waals surface area contributed by atoms with Crippen molar-refractivity contribution in [1.82, 2.24) is 15.1 Å². The number of nitrogens with zero attached hydrogens (tertiary/aromatic N) is 4. The molecule has 4 rings (SSSR count). The summed E-state index contributed by atoms with van der Waals surface area (Å²) in [7, 11) is 3.41. The number of methoxy groups -OCH3 is 1. The highest BCUT2D eigenvalue weighted by atomic mass is 16.5. The molecule has 1 aliphatic heterocycles. The Morgan fingerprint density at radius 1 is 1.23 bits per heavy atom. The number of aryl methyl sites for hydroxylation is 2. The quantitative estimate of drug-likeness (QED) is 0.180. The first-order valence-electron chi connectivity index (χ1n) is 13.5. The molecule has 1 saturated heterocycles. The van der Waals surface area contributed by atoms with Gasteiger partial charge in [0, 0.05) is 31.2 Å². The predicted molar refractivity (Wildman–Crippen MR) is 154 cm³/mol. The normalized spacial score (nSPS) is 15.8.